The molecule has 4 heterocycles. The van der Waals surface area contributed by atoms with Crippen LogP contribution in [0.15, 0.2) is 42.9 Å². The lowest BCUT2D eigenvalue weighted by Crippen LogP contribution is -2.48. The van der Waals surface area contributed by atoms with E-state index in [2.05, 4.69) is 20.7 Å². The first kappa shape index (κ1) is 17.0. The molecule has 1 aliphatic rings. The molecule has 27 heavy (non-hydrogen) atoms. The highest BCUT2D eigenvalue weighted by Gasteiger charge is 2.29. The van der Waals surface area contributed by atoms with E-state index < -0.39 is 0 Å². The maximum Gasteiger partial charge on any atom is 0.324 e. The first-order valence-electron chi connectivity index (χ1n) is 8.83. The van der Waals surface area contributed by atoms with Gasteiger partial charge >= 0.3 is 6.03 Å². The molecular weight excluding hydrogens is 344 g/mol. The predicted molar refractivity (Wildman–Crippen MR) is 102 cm³/mol. The fourth-order valence-electron chi connectivity index (χ4n) is 3.25. The molecule has 2 N–H and O–H groups in total. The molecule has 0 saturated carbocycles. The molecule has 4 rings (SSSR count). The molecule has 1 atom stereocenters. The van der Waals surface area contributed by atoms with E-state index in [0.717, 1.165) is 16.6 Å². The van der Waals surface area contributed by atoms with Gasteiger partial charge in [0.15, 0.2) is 5.82 Å². The molecule has 0 spiro atoms. The minimum absolute atomic E-state index is 0.0625. The second-order valence-electron chi connectivity index (χ2n) is 6.59. The molecule has 0 fully saturated rings. The van der Waals surface area contributed by atoms with Crippen molar-refractivity contribution in [2.45, 2.75) is 26.3 Å². The number of nitrogens with zero attached hydrogens (tertiary/aromatic N) is 4. The largest absolute Gasteiger partial charge is 0.331 e. The number of carbonyl (C=O) groups excluding carboxylic acids is 2. The Hall–Kier alpha value is -3.42. The average Bonchev–Trinajstić information content (AvgIpc) is 3.12. The van der Waals surface area contributed by atoms with Gasteiger partial charge in [0.25, 0.3) is 0 Å². The van der Waals surface area contributed by atoms with Gasteiger partial charge in [0.2, 0.25) is 5.91 Å². The van der Waals surface area contributed by atoms with Gasteiger partial charge in [-0.05, 0) is 48.7 Å². The smallest absolute Gasteiger partial charge is 0.324 e. The Kier molecular flexibility index (Phi) is 4.23. The molecular formula is C19H20N6O2. The van der Waals surface area contributed by atoms with Gasteiger partial charge < -0.3 is 10.6 Å². The first-order valence-corrected chi connectivity index (χ1v) is 8.83. The number of hydrogen-bond donors (Lipinski definition) is 2. The third-order valence-corrected chi connectivity index (χ3v) is 4.61. The van der Waals surface area contributed by atoms with E-state index in [1.165, 1.54) is 4.90 Å². The second kappa shape index (κ2) is 6.71. The van der Waals surface area contributed by atoms with Gasteiger partial charge in [-0.3, -0.25) is 9.69 Å². The molecule has 0 aromatic carbocycles. The Balaban J connectivity index is 1.59. The van der Waals surface area contributed by atoms with E-state index >= 15 is 0 Å². The Bertz CT molecular complexity index is 1030. The highest BCUT2D eigenvalue weighted by Crippen LogP contribution is 2.28. The fraction of sp³-hybridized carbons (Fsp3) is 0.263. The molecule has 8 heteroatoms. The first-order chi connectivity index (χ1) is 13.0. The zero-order chi connectivity index (χ0) is 19.0. The molecule has 0 aliphatic carbocycles. The van der Waals surface area contributed by atoms with Crippen LogP contribution in [-0.2, 0) is 4.79 Å². The lowest BCUT2D eigenvalue weighted by Gasteiger charge is -2.30. The van der Waals surface area contributed by atoms with Crippen LogP contribution >= 0.6 is 0 Å². The van der Waals surface area contributed by atoms with Crippen LogP contribution in [0.25, 0.3) is 5.52 Å². The number of amides is 3. The summed E-state index contributed by atoms with van der Waals surface area (Å²) in [4.78, 5) is 30.7. The summed E-state index contributed by atoms with van der Waals surface area (Å²) in [5.74, 6) is 0.220. The summed E-state index contributed by atoms with van der Waals surface area (Å²) >= 11 is 0. The van der Waals surface area contributed by atoms with Crippen molar-refractivity contribution in [1.29, 1.82) is 0 Å². The third-order valence-electron chi connectivity index (χ3n) is 4.61. The monoisotopic (exact) mass is 364 g/mol. The lowest BCUT2D eigenvalue weighted by molar-refractivity contribution is -0.115. The van der Waals surface area contributed by atoms with Gasteiger partial charge in [0, 0.05) is 18.6 Å². The van der Waals surface area contributed by atoms with Crippen molar-refractivity contribution in [2.24, 2.45) is 0 Å². The van der Waals surface area contributed by atoms with E-state index in [4.69, 9.17) is 0 Å². The van der Waals surface area contributed by atoms with Crippen LogP contribution in [0.3, 0.4) is 0 Å². The quantitative estimate of drug-likeness (QED) is 0.747. The summed E-state index contributed by atoms with van der Waals surface area (Å²) in [6, 6.07) is 7.13. The van der Waals surface area contributed by atoms with E-state index in [0.29, 0.717) is 17.9 Å². The van der Waals surface area contributed by atoms with E-state index in [9.17, 15) is 9.59 Å². The maximum absolute atomic E-state index is 12.9. The van der Waals surface area contributed by atoms with E-state index in [-0.39, 0.29) is 24.5 Å². The van der Waals surface area contributed by atoms with Gasteiger partial charge in [0.1, 0.15) is 6.54 Å². The SMILES string of the molecule is CCC(NC(=O)N1CC(=O)Nc2cc(C)cnc21)c1ccn2nccc2c1. The number of anilines is 2. The van der Waals surface area contributed by atoms with Crippen molar-refractivity contribution in [1.82, 2.24) is 19.9 Å². The zero-order valence-electron chi connectivity index (χ0n) is 15.1. The molecule has 8 nitrogen and oxygen atoms in total. The summed E-state index contributed by atoms with van der Waals surface area (Å²) < 4.78 is 1.77. The van der Waals surface area contributed by atoms with E-state index in [1.54, 1.807) is 16.9 Å². The zero-order valence-corrected chi connectivity index (χ0v) is 15.1. The number of pyridine rings is 2. The van der Waals surface area contributed by atoms with Gasteiger partial charge in [-0.25, -0.2) is 14.3 Å². The Morgan fingerprint density at radius 3 is 3.04 bits per heavy atom. The summed E-state index contributed by atoms with van der Waals surface area (Å²) in [5.41, 5.74) is 3.41. The van der Waals surface area contributed by atoms with Gasteiger partial charge in [-0.1, -0.05) is 6.92 Å². The van der Waals surface area contributed by atoms with Crippen molar-refractivity contribution < 1.29 is 9.59 Å². The molecule has 1 unspecified atom stereocenters. The Morgan fingerprint density at radius 1 is 1.37 bits per heavy atom. The molecule has 1 aliphatic heterocycles. The highest BCUT2D eigenvalue weighted by atomic mass is 16.2. The number of carbonyl (C=O) groups is 2. The molecule has 0 radical (unpaired) electrons. The van der Waals surface area contributed by atoms with Gasteiger partial charge in [-0.15, -0.1) is 0 Å². The fourth-order valence-corrected chi connectivity index (χ4v) is 3.25. The van der Waals surface area contributed by atoms with Crippen LogP contribution < -0.4 is 15.5 Å². The average molecular weight is 364 g/mol. The standard InChI is InChI=1S/C19H20N6O2/c1-3-15(13-5-7-25-14(9-13)4-6-21-25)23-19(27)24-11-17(26)22-16-8-12(2)10-20-18(16)24/h4-10,15H,3,11H2,1-2H3,(H,22,26)(H,23,27). The van der Waals surface area contributed by atoms with Crippen LogP contribution in [0.5, 0.6) is 0 Å². The van der Waals surface area contributed by atoms with Crippen molar-refractivity contribution >= 4 is 29.0 Å². The van der Waals surface area contributed by atoms with E-state index in [1.807, 2.05) is 44.3 Å². The van der Waals surface area contributed by atoms with Gasteiger partial charge in [-0.2, -0.15) is 5.10 Å². The number of aryl methyl sites for hydroxylation is 1. The molecule has 3 aromatic rings. The van der Waals surface area contributed by atoms with Crippen LogP contribution in [-0.4, -0.2) is 33.1 Å². The number of fused-ring (bicyclic) bond motifs is 2. The third kappa shape index (κ3) is 3.21. The summed E-state index contributed by atoms with van der Waals surface area (Å²) in [5, 5.41) is 9.98. The van der Waals surface area contributed by atoms with Crippen LogP contribution in [0.2, 0.25) is 0 Å². The van der Waals surface area contributed by atoms with Crippen molar-refractivity contribution in [3.8, 4) is 0 Å². The minimum atomic E-state index is -0.345. The minimum Gasteiger partial charge on any atom is -0.331 e. The van der Waals surface area contributed by atoms with Crippen LogP contribution in [0.4, 0.5) is 16.3 Å². The highest BCUT2D eigenvalue weighted by molar-refractivity contribution is 6.08. The van der Waals surface area contributed by atoms with Crippen molar-refractivity contribution in [2.75, 3.05) is 16.8 Å². The van der Waals surface area contributed by atoms with Gasteiger partial charge in [0.05, 0.1) is 17.2 Å². The number of aromatic nitrogens is 3. The number of rotatable bonds is 3. The lowest BCUT2D eigenvalue weighted by atomic mass is 10.1. The van der Waals surface area contributed by atoms with Crippen molar-refractivity contribution in [3.63, 3.8) is 0 Å². The summed E-state index contributed by atoms with van der Waals surface area (Å²) in [6.07, 6.45) is 5.99. The number of nitrogens with one attached hydrogen (secondary N) is 2. The Labute approximate surface area is 156 Å². The molecule has 3 aromatic heterocycles. The maximum atomic E-state index is 12.9. The topological polar surface area (TPSA) is 91.6 Å². The summed E-state index contributed by atoms with van der Waals surface area (Å²) in [7, 11) is 0. The molecule has 0 saturated heterocycles. The Morgan fingerprint density at radius 2 is 2.22 bits per heavy atom. The predicted octanol–water partition coefficient (Wildman–Crippen LogP) is 2.66. The number of hydrogen-bond acceptors (Lipinski definition) is 4. The normalized spacial score (nSPS) is 14.6. The molecule has 0 bridgehead atoms. The summed E-state index contributed by atoms with van der Waals surface area (Å²) in [6.45, 7) is 3.83. The van der Waals surface area contributed by atoms with Crippen molar-refractivity contribution in [3.05, 3.63) is 54.0 Å². The molecule has 138 valence electrons. The van der Waals surface area contributed by atoms with Crippen LogP contribution in [0, 0.1) is 6.92 Å². The second-order valence-corrected chi connectivity index (χ2v) is 6.59. The molecule has 3 amide bonds. The van der Waals surface area contributed by atoms with Crippen LogP contribution in [0.1, 0.15) is 30.5 Å². The number of urea groups is 1.